The van der Waals surface area contributed by atoms with Crippen molar-refractivity contribution >= 4 is 34.4 Å². The molecular formula is C16H13F2N3OS. The van der Waals surface area contributed by atoms with Crippen LogP contribution in [0.25, 0.3) is 11.0 Å². The molecule has 0 saturated carbocycles. The van der Waals surface area contributed by atoms with Gasteiger partial charge in [0.1, 0.15) is 0 Å². The lowest BCUT2D eigenvalue weighted by Crippen LogP contribution is -2.15. The number of aromatic amines is 1. The molecule has 118 valence electrons. The summed E-state index contributed by atoms with van der Waals surface area (Å²) in [7, 11) is 0. The molecule has 7 heteroatoms. The van der Waals surface area contributed by atoms with Gasteiger partial charge in [-0.25, -0.2) is 13.8 Å². The number of carbonyl (C=O) groups is 1. The Kier molecular flexibility index (Phi) is 4.57. The molecule has 0 bridgehead atoms. The Bertz CT molecular complexity index is 802. The van der Waals surface area contributed by atoms with Gasteiger partial charge in [-0.3, -0.25) is 4.79 Å². The average Bonchev–Trinajstić information content (AvgIpc) is 2.96. The number of para-hydroxylation sites is 3. The van der Waals surface area contributed by atoms with Crippen LogP contribution in [-0.2, 0) is 4.79 Å². The summed E-state index contributed by atoms with van der Waals surface area (Å²) in [5.74, 6) is -0.277. The van der Waals surface area contributed by atoms with Gasteiger partial charge in [-0.05, 0) is 18.2 Å². The van der Waals surface area contributed by atoms with Crippen LogP contribution in [0.1, 0.15) is 12.0 Å². The number of thioether (sulfide) groups is 1. The van der Waals surface area contributed by atoms with Crippen molar-refractivity contribution in [2.24, 2.45) is 0 Å². The van der Waals surface area contributed by atoms with E-state index in [-0.39, 0.29) is 22.9 Å². The highest BCUT2D eigenvalue weighted by atomic mass is 32.2. The number of imidazole rings is 1. The second-order valence-electron chi connectivity index (χ2n) is 4.78. The SMILES string of the molecule is O=C(CSc1nc2ccccc2[nH]1)Nc1ccccc1C(F)F. The highest BCUT2D eigenvalue weighted by Crippen LogP contribution is 2.27. The van der Waals surface area contributed by atoms with Crippen molar-refractivity contribution in [3.05, 3.63) is 54.1 Å². The molecule has 2 N–H and O–H groups in total. The van der Waals surface area contributed by atoms with Crippen LogP contribution in [0, 0.1) is 0 Å². The molecular weight excluding hydrogens is 320 g/mol. The van der Waals surface area contributed by atoms with Crippen LogP contribution in [0.2, 0.25) is 0 Å². The molecule has 0 saturated heterocycles. The van der Waals surface area contributed by atoms with E-state index in [2.05, 4.69) is 15.3 Å². The molecule has 1 heterocycles. The van der Waals surface area contributed by atoms with E-state index in [1.165, 1.54) is 30.0 Å². The van der Waals surface area contributed by atoms with Crippen LogP contribution in [0.5, 0.6) is 0 Å². The molecule has 3 aromatic rings. The predicted molar refractivity (Wildman–Crippen MR) is 86.8 cm³/mol. The summed E-state index contributed by atoms with van der Waals surface area (Å²) in [6.07, 6.45) is -2.63. The third kappa shape index (κ3) is 3.68. The number of hydrogen-bond donors (Lipinski definition) is 2. The third-order valence-corrected chi connectivity index (χ3v) is 4.05. The topological polar surface area (TPSA) is 57.8 Å². The van der Waals surface area contributed by atoms with Gasteiger partial charge in [-0.1, -0.05) is 42.1 Å². The fourth-order valence-electron chi connectivity index (χ4n) is 2.12. The lowest BCUT2D eigenvalue weighted by molar-refractivity contribution is -0.113. The number of nitrogens with one attached hydrogen (secondary N) is 2. The second-order valence-corrected chi connectivity index (χ2v) is 5.75. The zero-order valence-corrected chi connectivity index (χ0v) is 12.7. The highest BCUT2D eigenvalue weighted by molar-refractivity contribution is 7.99. The number of benzene rings is 2. The van der Waals surface area contributed by atoms with Crippen LogP contribution in [-0.4, -0.2) is 21.6 Å². The first-order chi connectivity index (χ1) is 11.1. The van der Waals surface area contributed by atoms with Crippen LogP contribution in [0.3, 0.4) is 0 Å². The van der Waals surface area contributed by atoms with E-state index in [0.29, 0.717) is 5.16 Å². The van der Waals surface area contributed by atoms with Crippen LogP contribution in [0.4, 0.5) is 14.5 Å². The van der Waals surface area contributed by atoms with Crippen LogP contribution >= 0.6 is 11.8 Å². The molecule has 0 spiro atoms. The maximum Gasteiger partial charge on any atom is 0.265 e. The molecule has 0 fully saturated rings. The molecule has 0 aliphatic rings. The molecule has 0 unspecified atom stereocenters. The Balaban J connectivity index is 1.64. The van der Waals surface area contributed by atoms with Crippen LogP contribution < -0.4 is 5.32 Å². The van der Waals surface area contributed by atoms with Crippen molar-refractivity contribution in [2.75, 3.05) is 11.1 Å². The van der Waals surface area contributed by atoms with Gasteiger partial charge in [0, 0.05) is 11.3 Å². The number of amides is 1. The summed E-state index contributed by atoms with van der Waals surface area (Å²) in [5.41, 5.74) is 1.66. The van der Waals surface area contributed by atoms with E-state index in [9.17, 15) is 13.6 Å². The van der Waals surface area contributed by atoms with Crippen molar-refractivity contribution < 1.29 is 13.6 Å². The Morgan fingerprint density at radius 2 is 1.91 bits per heavy atom. The zero-order valence-electron chi connectivity index (χ0n) is 11.9. The first-order valence-electron chi connectivity index (χ1n) is 6.88. The Hall–Kier alpha value is -2.41. The van der Waals surface area contributed by atoms with Gasteiger partial charge in [0.05, 0.1) is 16.8 Å². The number of nitrogens with zero attached hydrogens (tertiary/aromatic N) is 1. The summed E-state index contributed by atoms with van der Waals surface area (Å²) in [6.45, 7) is 0. The van der Waals surface area contributed by atoms with Crippen molar-refractivity contribution in [1.29, 1.82) is 0 Å². The summed E-state index contributed by atoms with van der Waals surface area (Å²) in [6, 6.07) is 13.4. The second kappa shape index (κ2) is 6.78. The number of alkyl halides is 2. The molecule has 3 rings (SSSR count). The summed E-state index contributed by atoms with van der Waals surface area (Å²) >= 11 is 1.22. The molecule has 2 aromatic carbocycles. The maximum atomic E-state index is 12.9. The number of hydrogen-bond acceptors (Lipinski definition) is 3. The zero-order chi connectivity index (χ0) is 16.2. The minimum absolute atomic E-state index is 0.0807. The van der Waals surface area contributed by atoms with E-state index in [1.54, 1.807) is 6.07 Å². The first kappa shape index (κ1) is 15.5. The summed E-state index contributed by atoms with van der Waals surface area (Å²) in [5, 5.41) is 3.13. The normalized spacial score (nSPS) is 11.1. The minimum atomic E-state index is -2.63. The van der Waals surface area contributed by atoms with Gasteiger partial charge in [-0.2, -0.15) is 0 Å². The Morgan fingerprint density at radius 3 is 2.70 bits per heavy atom. The maximum absolute atomic E-state index is 12.9. The predicted octanol–water partition coefficient (Wildman–Crippen LogP) is 4.23. The lowest BCUT2D eigenvalue weighted by Gasteiger charge is -2.09. The van der Waals surface area contributed by atoms with E-state index < -0.39 is 6.43 Å². The molecule has 4 nitrogen and oxygen atoms in total. The lowest BCUT2D eigenvalue weighted by atomic mass is 10.2. The number of fused-ring (bicyclic) bond motifs is 1. The van der Waals surface area contributed by atoms with Crippen molar-refractivity contribution in [1.82, 2.24) is 9.97 Å². The summed E-state index contributed by atoms with van der Waals surface area (Å²) < 4.78 is 25.8. The quantitative estimate of drug-likeness (QED) is 0.687. The van der Waals surface area contributed by atoms with Gasteiger partial charge in [0.25, 0.3) is 6.43 Å². The monoisotopic (exact) mass is 333 g/mol. The molecule has 23 heavy (non-hydrogen) atoms. The highest BCUT2D eigenvalue weighted by Gasteiger charge is 2.14. The van der Waals surface area contributed by atoms with Gasteiger partial charge in [0.2, 0.25) is 5.91 Å². The van der Waals surface area contributed by atoms with Gasteiger partial charge < -0.3 is 10.3 Å². The van der Waals surface area contributed by atoms with E-state index in [0.717, 1.165) is 11.0 Å². The number of carbonyl (C=O) groups excluding carboxylic acids is 1. The molecule has 0 aliphatic heterocycles. The van der Waals surface area contributed by atoms with E-state index in [4.69, 9.17) is 0 Å². The van der Waals surface area contributed by atoms with E-state index in [1.807, 2.05) is 24.3 Å². The van der Waals surface area contributed by atoms with Gasteiger partial charge in [-0.15, -0.1) is 0 Å². The van der Waals surface area contributed by atoms with Gasteiger partial charge in [0.15, 0.2) is 5.16 Å². The van der Waals surface area contributed by atoms with Gasteiger partial charge >= 0.3 is 0 Å². The molecule has 1 amide bonds. The fraction of sp³-hybridized carbons (Fsp3) is 0.125. The molecule has 0 aliphatic carbocycles. The standard InChI is InChI=1S/C16H13F2N3OS/c17-15(18)10-5-1-2-6-11(10)19-14(22)9-23-16-20-12-7-3-4-8-13(12)21-16/h1-8,15H,9H2,(H,19,22)(H,20,21). The molecule has 1 aromatic heterocycles. The fourth-order valence-corrected chi connectivity index (χ4v) is 2.80. The van der Waals surface area contributed by atoms with Crippen molar-refractivity contribution in [3.63, 3.8) is 0 Å². The van der Waals surface area contributed by atoms with E-state index >= 15 is 0 Å². The smallest absolute Gasteiger partial charge is 0.265 e. The molecule has 0 atom stereocenters. The average molecular weight is 333 g/mol. The van der Waals surface area contributed by atoms with Crippen LogP contribution in [0.15, 0.2) is 53.7 Å². The number of aromatic nitrogens is 2. The van der Waals surface area contributed by atoms with Crippen molar-refractivity contribution in [3.8, 4) is 0 Å². The number of anilines is 1. The largest absolute Gasteiger partial charge is 0.333 e. The Labute approximate surface area is 135 Å². The number of rotatable bonds is 5. The summed E-state index contributed by atoms with van der Waals surface area (Å²) in [4.78, 5) is 19.4. The first-order valence-corrected chi connectivity index (χ1v) is 7.86. The third-order valence-electron chi connectivity index (χ3n) is 3.18. The number of halogens is 2. The minimum Gasteiger partial charge on any atom is -0.333 e. The molecule has 0 radical (unpaired) electrons. The number of H-pyrrole nitrogens is 1. The Morgan fingerprint density at radius 1 is 1.17 bits per heavy atom. The van der Waals surface area contributed by atoms with Crippen molar-refractivity contribution in [2.45, 2.75) is 11.6 Å².